The van der Waals surface area contributed by atoms with Gasteiger partial charge in [0.05, 0.1) is 5.92 Å². The minimum absolute atomic E-state index is 0.0261. The Balaban J connectivity index is 1.97. The van der Waals surface area contributed by atoms with Crippen LogP contribution in [0.25, 0.3) is 0 Å². The van der Waals surface area contributed by atoms with E-state index >= 15 is 0 Å². The molecular formula is C21H30N2O4. The van der Waals surface area contributed by atoms with Crippen molar-refractivity contribution in [1.29, 1.82) is 0 Å². The zero-order valence-corrected chi connectivity index (χ0v) is 16.6. The zero-order chi connectivity index (χ0) is 20.2. The number of aliphatic carboxylic acids is 1. The Morgan fingerprint density at radius 3 is 2.41 bits per heavy atom. The first-order chi connectivity index (χ1) is 12.6. The quantitative estimate of drug-likeness (QED) is 0.800. The van der Waals surface area contributed by atoms with Gasteiger partial charge in [0.15, 0.2) is 0 Å². The first kappa shape index (κ1) is 20.9. The molecule has 1 aromatic rings. The van der Waals surface area contributed by atoms with E-state index in [-0.39, 0.29) is 17.2 Å². The fourth-order valence-electron chi connectivity index (χ4n) is 3.28. The number of benzene rings is 1. The van der Waals surface area contributed by atoms with E-state index in [9.17, 15) is 14.4 Å². The van der Waals surface area contributed by atoms with Crippen LogP contribution in [0.3, 0.4) is 0 Å². The van der Waals surface area contributed by atoms with Crippen LogP contribution >= 0.6 is 0 Å². The first-order valence-electron chi connectivity index (χ1n) is 9.49. The minimum Gasteiger partial charge on any atom is -0.481 e. The lowest BCUT2D eigenvalue weighted by Crippen LogP contribution is -2.44. The molecule has 2 rings (SSSR count). The molecule has 2 amide bonds. The molecule has 0 aromatic heterocycles. The predicted molar refractivity (Wildman–Crippen MR) is 104 cm³/mol. The number of likely N-dealkylation sites (tertiary alicyclic amines) is 1. The van der Waals surface area contributed by atoms with Gasteiger partial charge in [0.2, 0.25) is 11.8 Å². The Morgan fingerprint density at radius 2 is 1.85 bits per heavy atom. The van der Waals surface area contributed by atoms with Crippen LogP contribution in [-0.4, -0.2) is 40.4 Å². The van der Waals surface area contributed by atoms with Crippen molar-refractivity contribution < 1.29 is 19.5 Å². The molecule has 0 bridgehead atoms. The van der Waals surface area contributed by atoms with Crippen molar-refractivity contribution in [2.24, 2.45) is 11.3 Å². The second-order valence-electron chi connectivity index (χ2n) is 8.61. The Kier molecular flexibility index (Phi) is 6.63. The van der Waals surface area contributed by atoms with Gasteiger partial charge in [0, 0.05) is 18.7 Å². The van der Waals surface area contributed by atoms with Crippen molar-refractivity contribution in [2.45, 2.75) is 59.4 Å². The van der Waals surface area contributed by atoms with Crippen molar-refractivity contribution in [2.75, 3.05) is 11.9 Å². The Labute approximate surface area is 160 Å². The lowest BCUT2D eigenvalue weighted by atomic mass is 9.91. The van der Waals surface area contributed by atoms with Gasteiger partial charge in [-0.25, -0.2) is 0 Å². The zero-order valence-electron chi connectivity index (χ0n) is 16.6. The number of carbonyl (C=O) groups is 3. The molecular weight excluding hydrogens is 344 g/mol. The van der Waals surface area contributed by atoms with Crippen LogP contribution in [-0.2, 0) is 20.8 Å². The van der Waals surface area contributed by atoms with E-state index in [2.05, 4.69) is 5.32 Å². The molecule has 2 unspecified atom stereocenters. The van der Waals surface area contributed by atoms with Crippen LogP contribution in [0.1, 0.15) is 52.5 Å². The van der Waals surface area contributed by atoms with E-state index in [4.69, 9.17) is 5.11 Å². The molecule has 0 radical (unpaired) electrons. The number of nitrogens with zero attached hydrogens (tertiary/aromatic N) is 1. The fourth-order valence-corrected chi connectivity index (χ4v) is 3.28. The van der Waals surface area contributed by atoms with Crippen molar-refractivity contribution in [3.05, 3.63) is 29.8 Å². The highest BCUT2D eigenvalue weighted by Gasteiger charge is 2.35. The minimum atomic E-state index is -0.825. The van der Waals surface area contributed by atoms with Gasteiger partial charge in [-0.15, -0.1) is 0 Å². The lowest BCUT2D eigenvalue weighted by molar-refractivity contribution is -0.141. The molecule has 148 valence electrons. The number of carboxylic acids is 1. The van der Waals surface area contributed by atoms with Crippen molar-refractivity contribution >= 4 is 23.5 Å². The van der Waals surface area contributed by atoms with Crippen LogP contribution in [0, 0.1) is 11.3 Å². The van der Waals surface area contributed by atoms with Crippen LogP contribution in [0.2, 0.25) is 0 Å². The normalized spacial score (nSPS) is 18.2. The maximum atomic E-state index is 12.7. The average molecular weight is 374 g/mol. The van der Waals surface area contributed by atoms with E-state index in [1.165, 1.54) is 0 Å². The van der Waals surface area contributed by atoms with Crippen LogP contribution in [0.5, 0.6) is 0 Å². The first-order valence-corrected chi connectivity index (χ1v) is 9.49. The maximum absolute atomic E-state index is 12.7. The van der Waals surface area contributed by atoms with E-state index in [1.807, 2.05) is 32.9 Å². The molecule has 27 heavy (non-hydrogen) atoms. The second-order valence-corrected chi connectivity index (χ2v) is 8.61. The van der Waals surface area contributed by atoms with Crippen molar-refractivity contribution in [1.82, 2.24) is 4.90 Å². The third-order valence-corrected chi connectivity index (χ3v) is 4.74. The largest absolute Gasteiger partial charge is 0.481 e. The summed E-state index contributed by atoms with van der Waals surface area (Å²) in [6, 6.07) is 6.78. The molecule has 2 N–H and O–H groups in total. The van der Waals surface area contributed by atoms with Crippen LogP contribution in [0.4, 0.5) is 5.69 Å². The summed E-state index contributed by atoms with van der Waals surface area (Å²) in [5.74, 6) is -1.42. The average Bonchev–Trinajstić information content (AvgIpc) is 3.05. The standard InChI is InChI=1S/C21H30N2O4/c1-14(20(26)27)12-15-7-9-16(10-8-15)22-19(25)17-6-5-11-23(17)18(24)13-21(2,3)4/h7-10,14,17H,5-6,11-13H2,1-4H3,(H,22,25)(H,26,27). The van der Waals surface area contributed by atoms with Crippen molar-refractivity contribution in [3.8, 4) is 0 Å². The van der Waals surface area contributed by atoms with Gasteiger partial charge in [-0.3, -0.25) is 14.4 Å². The molecule has 6 heteroatoms. The number of amides is 2. The van der Waals surface area contributed by atoms with Crippen LogP contribution in [0.15, 0.2) is 24.3 Å². The highest BCUT2D eigenvalue weighted by molar-refractivity contribution is 5.97. The second kappa shape index (κ2) is 8.55. The smallest absolute Gasteiger partial charge is 0.306 e. The monoisotopic (exact) mass is 374 g/mol. The summed E-state index contributed by atoms with van der Waals surface area (Å²) in [5.41, 5.74) is 1.46. The van der Waals surface area contributed by atoms with Gasteiger partial charge in [0.25, 0.3) is 0 Å². The summed E-state index contributed by atoms with van der Waals surface area (Å²) in [4.78, 5) is 37.8. The van der Waals surface area contributed by atoms with Gasteiger partial charge >= 0.3 is 5.97 Å². The third-order valence-electron chi connectivity index (χ3n) is 4.74. The number of hydrogen-bond acceptors (Lipinski definition) is 3. The lowest BCUT2D eigenvalue weighted by Gasteiger charge is -2.27. The maximum Gasteiger partial charge on any atom is 0.306 e. The summed E-state index contributed by atoms with van der Waals surface area (Å²) in [6.45, 7) is 8.34. The van der Waals surface area contributed by atoms with Gasteiger partial charge in [-0.05, 0) is 42.4 Å². The highest BCUT2D eigenvalue weighted by Crippen LogP contribution is 2.25. The van der Waals surface area contributed by atoms with Gasteiger partial charge < -0.3 is 15.3 Å². The molecule has 2 atom stereocenters. The Morgan fingerprint density at radius 1 is 1.22 bits per heavy atom. The molecule has 6 nitrogen and oxygen atoms in total. The number of hydrogen-bond donors (Lipinski definition) is 2. The predicted octanol–water partition coefficient (Wildman–Crippen LogP) is 3.32. The molecule has 0 spiro atoms. The molecule has 1 aliphatic rings. The number of nitrogens with one attached hydrogen (secondary N) is 1. The van der Waals surface area contributed by atoms with Gasteiger partial charge in [0.1, 0.15) is 6.04 Å². The number of anilines is 1. The summed E-state index contributed by atoms with van der Waals surface area (Å²) >= 11 is 0. The molecule has 1 aromatic carbocycles. The molecule has 1 saturated heterocycles. The highest BCUT2D eigenvalue weighted by atomic mass is 16.4. The molecule has 1 aliphatic heterocycles. The summed E-state index contributed by atoms with van der Waals surface area (Å²) < 4.78 is 0. The summed E-state index contributed by atoms with van der Waals surface area (Å²) in [7, 11) is 0. The Hall–Kier alpha value is -2.37. The number of carboxylic acid groups (broad SMARTS) is 1. The van der Waals surface area contributed by atoms with E-state index < -0.39 is 17.9 Å². The molecule has 1 fully saturated rings. The molecule has 0 aliphatic carbocycles. The van der Waals surface area contributed by atoms with Gasteiger partial charge in [-0.2, -0.15) is 0 Å². The summed E-state index contributed by atoms with van der Waals surface area (Å²) in [5, 5.41) is 11.9. The number of carbonyl (C=O) groups excluding carboxylic acids is 2. The third kappa shape index (κ3) is 6.08. The molecule has 1 heterocycles. The topological polar surface area (TPSA) is 86.7 Å². The fraction of sp³-hybridized carbons (Fsp3) is 0.571. The van der Waals surface area contributed by atoms with E-state index in [0.717, 1.165) is 12.0 Å². The summed E-state index contributed by atoms with van der Waals surface area (Å²) in [6.07, 6.45) is 2.38. The SMILES string of the molecule is CC(Cc1ccc(NC(=O)C2CCCN2C(=O)CC(C)(C)C)cc1)C(=O)O. The van der Waals surface area contributed by atoms with E-state index in [1.54, 1.807) is 24.0 Å². The number of rotatable bonds is 6. The van der Waals surface area contributed by atoms with Gasteiger partial charge in [-0.1, -0.05) is 39.8 Å². The van der Waals surface area contributed by atoms with Crippen LogP contribution < -0.4 is 5.32 Å². The van der Waals surface area contributed by atoms with E-state index in [0.29, 0.717) is 31.5 Å². The molecule has 0 saturated carbocycles. The van der Waals surface area contributed by atoms with Crippen molar-refractivity contribution in [3.63, 3.8) is 0 Å². The Bertz CT molecular complexity index is 691.